The second kappa shape index (κ2) is 7.73. The molecule has 2 rings (SSSR count). The summed E-state index contributed by atoms with van der Waals surface area (Å²) in [6.45, 7) is 1.65. The first-order chi connectivity index (χ1) is 11.5. The predicted octanol–water partition coefficient (Wildman–Crippen LogP) is 2.77. The lowest BCUT2D eigenvalue weighted by Crippen LogP contribution is -2.03. The molecule has 0 saturated carbocycles. The van der Waals surface area contributed by atoms with Gasteiger partial charge in [-0.15, -0.1) is 5.10 Å². The van der Waals surface area contributed by atoms with Gasteiger partial charge in [-0.1, -0.05) is 0 Å². The minimum Gasteiger partial charge on any atom is -0.494 e. The molecule has 1 aromatic carbocycles. The summed E-state index contributed by atoms with van der Waals surface area (Å²) >= 11 is 0. The van der Waals surface area contributed by atoms with Gasteiger partial charge in [0.25, 0.3) is 5.69 Å². The summed E-state index contributed by atoms with van der Waals surface area (Å²) in [5.74, 6) is 0.783. The van der Waals surface area contributed by atoms with Gasteiger partial charge in [-0.05, 0) is 37.3 Å². The van der Waals surface area contributed by atoms with Crippen LogP contribution in [0.15, 0.2) is 52.8 Å². The Morgan fingerprint density at radius 2 is 2.21 bits per heavy atom. The Labute approximate surface area is 138 Å². The monoisotopic (exact) mass is 327 g/mol. The van der Waals surface area contributed by atoms with E-state index in [2.05, 4.69) is 10.2 Å². The van der Waals surface area contributed by atoms with Gasteiger partial charge in [-0.3, -0.25) is 10.1 Å². The van der Waals surface area contributed by atoms with Crippen molar-refractivity contribution in [1.29, 1.82) is 0 Å². The van der Waals surface area contributed by atoms with Gasteiger partial charge < -0.3 is 15.0 Å². The van der Waals surface area contributed by atoms with E-state index in [1.807, 2.05) is 29.0 Å². The minimum absolute atomic E-state index is 0.0259. The van der Waals surface area contributed by atoms with Crippen molar-refractivity contribution in [3.05, 3.63) is 58.4 Å². The van der Waals surface area contributed by atoms with Crippen LogP contribution in [-0.4, -0.2) is 28.7 Å². The molecule has 0 radical (unpaired) electrons. The van der Waals surface area contributed by atoms with Gasteiger partial charge >= 0.3 is 0 Å². The van der Waals surface area contributed by atoms with Crippen molar-refractivity contribution < 1.29 is 9.66 Å². The first kappa shape index (κ1) is 16.9. The van der Waals surface area contributed by atoms with Gasteiger partial charge in [-0.25, -0.2) is 0 Å². The zero-order valence-electron chi connectivity index (χ0n) is 13.3. The van der Waals surface area contributed by atoms with Crippen molar-refractivity contribution in [1.82, 2.24) is 4.57 Å². The summed E-state index contributed by atoms with van der Waals surface area (Å²) in [6, 6.07) is 8.22. The molecule has 0 aliphatic heterocycles. The third-order valence-electron chi connectivity index (χ3n) is 3.05. The van der Waals surface area contributed by atoms with E-state index in [0.717, 1.165) is 5.69 Å². The van der Waals surface area contributed by atoms with Crippen molar-refractivity contribution in [2.45, 2.75) is 6.92 Å². The highest BCUT2D eigenvalue weighted by Crippen LogP contribution is 2.29. The van der Waals surface area contributed by atoms with Crippen molar-refractivity contribution in [3.8, 4) is 11.4 Å². The second-order valence-corrected chi connectivity index (χ2v) is 4.78. The van der Waals surface area contributed by atoms with E-state index >= 15 is 0 Å². The van der Waals surface area contributed by atoms with E-state index in [1.165, 1.54) is 25.5 Å². The maximum atomic E-state index is 10.9. The number of hydrogen-bond acceptors (Lipinski definition) is 5. The molecule has 1 aromatic heterocycles. The molecule has 0 aliphatic rings. The number of nitro groups is 1. The molecular formula is C16H17N5O3. The fourth-order valence-corrected chi connectivity index (χ4v) is 2.03. The van der Waals surface area contributed by atoms with Crippen LogP contribution in [0.25, 0.3) is 11.8 Å². The molecule has 0 aliphatic carbocycles. The molecule has 24 heavy (non-hydrogen) atoms. The number of non-ortho nitro benzene ring substituents is 1. The molecule has 0 unspecified atom stereocenters. The number of allylic oxidation sites excluding steroid dienone is 1. The molecule has 0 atom stereocenters. The van der Waals surface area contributed by atoms with Crippen LogP contribution < -0.4 is 10.5 Å². The topological polar surface area (TPSA) is 108 Å². The summed E-state index contributed by atoms with van der Waals surface area (Å²) in [4.78, 5) is 10.4. The normalized spacial score (nSPS) is 12.2. The van der Waals surface area contributed by atoms with Gasteiger partial charge in [0.1, 0.15) is 11.6 Å². The zero-order valence-corrected chi connectivity index (χ0v) is 13.3. The quantitative estimate of drug-likeness (QED) is 0.381. The Hall–Kier alpha value is -3.42. The van der Waals surface area contributed by atoms with Crippen LogP contribution in [0, 0.1) is 10.1 Å². The molecule has 0 saturated heterocycles. The largest absolute Gasteiger partial charge is 0.494 e. The first-order valence-electron chi connectivity index (χ1n) is 7.03. The van der Waals surface area contributed by atoms with Gasteiger partial charge in [0.05, 0.1) is 23.8 Å². The average Bonchev–Trinajstić information content (AvgIpc) is 3.01. The lowest BCUT2D eigenvalue weighted by molar-refractivity contribution is -0.384. The number of ether oxygens (including phenoxy) is 1. The smallest absolute Gasteiger partial charge is 0.273 e. The van der Waals surface area contributed by atoms with Crippen LogP contribution in [0.1, 0.15) is 12.6 Å². The molecule has 0 spiro atoms. The number of hydrogen-bond donors (Lipinski definition) is 1. The van der Waals surface area contributed by atoms with Crippen LogP contribution in [-0.2, 0) is 0 Å². The Kier molecular flexibility index (Phi) is 5.45. The van der Waals surface area contributed by atoms with Crippen molar-refractivity contribution in [3.63, 3.8) is 0 Å². The van der Waals surface area contributed by atoms with Crippen molar-refractivity contribution in [2.75, 3.05) is 7.11 Å². The summed E-state index contributed by atoms with van der Waals surface area (Å²) in [7, 11) is 1.47. The SMILES string of the molecule is COc1cc([N+](=O)[O-])ccc1-n1cccc1/C=C/C=N/N=C(/C)N. The third-order valence-corrected chi connectivity index (χ3v) is 3.05. The second-order valence-electron chi connectivity index (χ2n) is 4.78. The van der Waals surface area contributed by atoms with Crippen LogP contribution >= 0.6 is 0 Å². The predicted molar refractivity (Wildman–Crippen MR) is 93.8 cm³/mol. The minimum atomic E-state index is -0.459. The summed E-state index contributed by atoms with van der Waals surface area (Å²) in [5, 5.41) is 18.4. The molecule has 1 heterocycles. The van der Waals surface area contributed by atoms with E-state index in [-0.39, 0.29) is 5.69 Å². The average molecular weight is 327 g/mol. The van der Waals surface area contributed by atoms with Gasteiger partial charge in [0.2, 0.25) is 0 Å². The molecule has 0 bridgehead atoms. The Balaban J connectivity index is 2.33. The standard InChI is InChI=1S/C16H17N5O3/c1-12(17)19-18-9-3-5-13-6-4-10-20(13)15-8-7-14(21(22)23)11-16(15)24-2/h3-11H,1-2H3,(H2,17,19)/b5-3+,18-9+. The highest BCUT2D eigenvalue weighted by Gasteiger charge is 2.13. The van der Waals surface area contributed by atoms with E-state index < -0.39 is 4.92 Å². The number of benzene rings is 1. The number of nitrogens with two attached hydrogens (primary N) is 1. The summed E-state index contributed by atoms with van der Waals surface area (Å²) in [5.41, 5.74) is 6.90. The first-order valence-corrected chi connectivity index (χ1v) is 7.03. The Bertz CT molecular complexity index is 817. The van der Waals surface area contributed by atoms with Crippen molar-refractivity contribution in [2.24, 2.45) is 15.9 Å². The molecule has 2 aromatic rings. The van der Waals surface area contributed by atoms with Crippen LogP contribution in [0.2, 0.25) is 0 Å². The molecule has 0 amide bonds. The van der Waals surface area contributed by atoms with Gasteiger partial charge in [0, 0.05) is 24.2 Å². The zero-order chi connectivity index (χ0) is 17.5. The van der Waals surface area contributed by atoms with E-state index in [9.17, 15) is 10.1 Å². The molecule has 2 N–H and O–H groups in total. The van der Waals surface area contributed by atoms with E-state index in [0.29, 0.717) is 17.3 Å². The number of methoxy groups -OCH3 is 1. The maximum absolute atomic E-state index is 10.9. The summed E-state index contributed by atoms with van der Waals surface area (Å²) in [6.07, 6.45) is 6.89. The number of rotatable bonds is 6. The van der Waals surface area contributed by atoms with Crippen LogP contribution in [0.4, 0.5) is 5.69 Å². The maximum Gasteiger partial charge on any atom is 0.273 e. The number of amidine groups is 1. The fraction of sp³-hybridized carbons (Fsp3) is 0.125. The van der Waals surface area contributed by atoms with Crippen LogP contribution in [0.3, 0.4) is 0 Å². The third kappa shape index (κ3) is 4.07. The summed E-state index contributed by atoms with van der Waals surface area (Å²) < 4.78 is 7.13. The van der Waals surface area contributed by atoms with Crippen LogP contribution in [0.5, 0.6) is 5.75 Å². The number of nitrogens with zero attached hydrogens (tertiary/aromatic N) is 4. The highest BCUT2D eigenvalue weighted by atomic mass is 16.6. The van der Waals surface area contributed by atoms with Gasteiger partial charge in [0.15, 0.2) is 0 Å². The number of nitro benzene ring substituents is 1. The highest BCUT2D eigenvalue weighted by molar-refractivity contribution is 5.81. The Morgan fingerprint density at radius 1 is 1.42 bits per heavy atom. The van der Waals surface area contributed by atoms with E-state index in [4.69, 9.17) is 10.5 Å². The molecule has 8 heteroatoms. The van der Waals surface area contributed by atoms with Crippen molar-refractivity contribution >= 4 is 23.8 Å². The van der Waals surface area contributed by atoms with E-state index in [1.54, 1.807) is 19.1 Å². The van der Waals surface area contributed by atoms with Gasteiger partial charge in [-0.2, -0.15) is 5.10 Å². The fourth-order valence-electron chi connectivity index (χ4n) is 2.03. The molecule has 0 fully saturated rings. The molecular weight excluding hydrogens is 310 g/mol. The Morgan fingerprint density at radius 3 is 2.88 bits per heavy atom. The molecule has 8 nitrogen and oxygen atoms in total. The lowest BCUT2D eigenvalue weighted by Gasteiger charge is -2.11. The number of aromatic nitrogens is 1. The molecule has 124 valence electrons. The lowest BCUT2D eigenvalue weighted by atomic mass is 10.2.